The first-order valence-electron chi connectivity index (χ1n) is 6.58. The molecule has 1 fully saturated rings. The molecule has 98 valence electrons. The minimum atomic E-state index is -0.324. The molecule has 0 saturated heterocycles. The molecule has 2 rings (SSSR count). The smallest absolute Gasteiger partial charge is 0.230 e. The van der Waals surface area contributed by atoms with Crippen LogP contribution in [0.2, 0.25) is 0 Å². The quantitative estimate of drug-likeness (QED) is 0.786. The van der Waals surface area contributed by atoms with Crippen LogP contribution in [-0.2, 0) is 9.47 Å². The summed E-state index contributed by atoms with van der Waals surface area (Å²) in [6.07, 6.45) is 6.38. The van der Waals surface area contributed by atoms with Gasteiger partial charge < -0.3 is 14.8 Å². The molecule has 1 aliphatic heterocycles. The highest BCUT2D eigenvalue weighted by molar-refractivity contribution is 6.19. The third kappa shape index (κ3) is 2.65. The lowest BCUT2D eigenvalue weighted by molar-refractivity contribution is -0.0426. The van der Waals surface area contributed by atoms with Crippen LogP contribution in [0, 0.1) is 5.92 Å². The molecular formula is C13H22ClNO2. The van der Waals surface area contributed by atoms with E-state index in [0.29, 0.717) is 18.4 Å². The molecule has 4 heteroatoms. The van der Waals surface area contributed by atoms with Gasteiger partial charge in [0.15, 0.2) is 11.5 Å². The van der Waals surface area contributed by atoms with E-state index in [2.05, 4.69) is 12.2 Å². The Balaban J connectivity index is 2.04. The van der Waals surface area contributed by atoms with E-state index in [1.54, 1.807) is 0 Å². The molecule has 0 aromatic rings. The van der Waals surface area contributed by atoms with E-state index in [1.165, 1.54) is 32.1 Å². The van der Waals surface area contributed by atoms with Crippen molar-refractivity contribution in [2.24, 2.45) is 5.92 Å². The van der Waals surface area contributed by atoms with Crippen molar-refractivity contribution in [2.75, 3.05) is 12.5 Å². The van der Waals surface area contributed by atoms with Gasteiger partial charge in [-0.15, -0.1) is 11.6 Å². The number of alkyl halides is 1. The molecule has 0 spiro atoms. The first-order valence-corrected chi connectivity index (χ1v) is 7.12. The van der Waals surface area contributed by atoms with E-state index in [0.717, 1.165) is 11.6 Å². The summed E-state index contributed by atoms with van der Waals surface area (Å²) in [6, 6.07) is 0. The first kappa shape index (κ1) is 12.9. The van der Waals surface area contributed by atoms with Crippen LogP contribution >= 0.6 is 11.6 Å². The van der Waals surface area contributed by atoms with E-state index in [-0.39, 0.29) is 5.72 Å². The number of hydrogen-bond acceptors (Lipinski definition) is 3. The normalized spacial score (nSPS) is 30.1. The Morgan fingerprint density at radius 2 is 2.12 bits per heavy atom. The summed E-state index contributed by atoms with van der Waals surface area (Å²) in [5, 5.41) is 3.39. The lowest BCUT2D eigenvalue weighted by Gasteiger charge is -2.36. The fraction of sp³-hybridized carbons (Fsp3) is 0.846. The molecule has 1 aliphatic carbocycles. The van der Waals surface area contributed by atoms with E-state index >= 15 is 0 Å². The number of ether oxygens (including phenoxy) is 2. The minimum absolute atomic E-state index is 0.324. The maximum atomic E-state index is 6.01. The van der Waals surface area contributed by atoms with Gasteiger partial charge in [-0.3, -0.25) is 0 Å². The fourth-order valence-electron chi connectivity index (χ4n) is 2.81. The van der Waals surface area contributed by atoms with Crippen LogP contribution in [0.1, 0.15) is 46.0 Å². The third-order valence-corrected chi connectivity index (χ3v) is 3.99. The van der Waals surface area contributed by atoms with Crippen molar-refractivity contribution in [1.29, 1.82) is 0 Å². The Bertz CT molecular complexity index is 300. The number of nitrogens with one attached hydrogen (secondary N) is 1. The second-order valence-electron chi connectivity index (χ2n) is 4.99. The second-order valence-corrected chi connectivity index (χ2v) is 5.26. The maximum Gasteiger partial charge on any atom is 0.230 e. The molecule has 1 unspecified atom stereocenters. The van der Waals surface area contributed by atoms with Crippen molar-refractivity contribution in [1.82, 2.24) is 5.32 Å². The molecule has 0 aromatic carbocycles. The van der Waals surface area contributed by atoms with Gasteiger partial charge in [0.2, 0.25) is 5.88 Å². The maximum absolute atomic E-state index is 6.01. The molecule has 1 heterocycles. The third-order valence-electron chi connectivity index (χ3n) is 3.74. The highest BCUT2D eigenvalue weighted by Crippen LogP contribution is 2.39. The van der Waals surface area contributed by atoms with Crippen molar-refractivity contribution in [3.8, 4) is 0 Å². The molecule has 1 N–H and O–H groups in total. The van der Waals surface area contributed by atoms with E-state index in [4.69, 9.17) is 21.1 Å². The minimum Gasteiger partial charge on any atom is -0.477 e. The molecule has 1 saturated carbocycles. The predicted octanol–water partition coefficient (Wildman–Crippen LogP) is 3.35. The van der Waals surface area contributed by atoms with E-state index in [9.17, 15) is 0 Å². The Hall–Kier alpha value is -0.570. The second kappa shape index (κ2) is 5.38. The SMILES string of the molecule is CCOC1=C(CCl)OC(C)(C2CCCCC2)N1. The Kier molecular flexibility index (Phi) is 4.08. The summed E-state index contributed by atoms with van der Waals surface area (Å²) in [4.78, 5) is 0. The lowest BCUT2D eigenvalue weighted by Crippen LogP contribution is -2.47. The van der Waals surface area contributed by atoms with Gasteiger partial charge in [-0.05, 0) is 26.7 Å². The lowest BCUT2D eigenvalue weighted by atomic mass is 9.82. The molecule has 2 aliphatic rings. The van der Waals surface area contributed by atoms with Crippen LogP contribution in [0.3, 0.4) is 0 Å². The number of halogens is 1. The zero-order chi connectivity index (χ0) is 12.3. The largest absolute Gasteiger partial charge is 0.477 e. The summed E-state index contributed by atoms with van der Waals surface area (Å²) in [5.41, 5.74) is -0.324. The monoisotopic (exact) mass is 259 g/mol. The van der Waals surface area contributed by atoms with Gasteiger partial charge in [-0.1, -0.05) is 19.3 Å². The van der Waals surface area contributed by atoms with Gasteiger partial charge in [0.1, 0.15) is 0 Å². The van der Waals surface area contributed by atoms with Crippen LogP contribution < -0.4 is 5.32 Å². The molecule has 1 atom stereocenters. The number of allylic oxidation sites excluding steroid dienone is 1. The standard InChI is InChI=1S/C13H22ClNO2/c1-3-16-12-11(9-14)17-13(2,15-12)10-7-5-4-6-8-10/h10,15H,3-9H2,1-2H3. The average Bonchev–Trinajstić information content (AvgIpc) is 2.69. The van der Waals surface area contributed by atoms with Crippen molar-refractivity contribution in [2.45, 2.75) is 51.7 Å². The topological polar surface area (TPSA) is 30.5 Å². The summed E-state index contributed by atoms with van der Waals surface area (Å²) < 4.78 is 11.6. The summed E-state index contributed by atoms with van der Waals surface area (Å²) >= 11 is 5.90. The molecule has 0 amide bonds. The molecule has 0 aromatic heterocycles. The average molecular weight is 260 g/mol. The van der Waals surface area contributed by atoms with Crippen LogP contribution in [-0.4, -0.2) is 18.2 Å². The van der Waals surface area contributed by atoms with Gasteiger partial charge in [0.05, 0.1) is 12.5 Å². The number of rotatable bonds is 4. The van der Waals surface area contributed by atoms with E-state index in [1.807, 2.05) is 6.92 Å². The highest BCUT2D eigenvalue weighted by atomic mass is 35.5. The summed E-state index contributed by atoms with van der Waals surface area (Å²) in [7, 11) is 0. The molecule has 3 nitrogen and oxygen atoms in total. The highest BCUT2D eigenvalue weighted by Gasteiger charge is 2.43. The zero-order valence-electron chi connectivity index (χ0n) is 10.7. The zero-order valence-corrected chi connectivity index (χ0v) is 11.5. The molecule has 0 bridgehead atoms. The van der Waals surface area contributed by atoms with Gasteiger partial charge in [-0.25, -0.2) is 0 Å². The van der Waals surface area contributed by atoms with Gasteiger partial charge >= 0.3 is 0 Å². The van der Waals surface area contributed by atoms with Crippen molar-refractivity contribution in [3.05, 3.63) is 11.6 Å². The Morgan fingerprint density at radius 3 is 2.71 bits per heavy atom. The summed E-state index contributed by atoms with van der Waals surface area (Å²) in [5.74, 6) is 2.40. The molecule has 17 heavy (non-hydrogen) atoms. The molecule has 0 radical (unpaired) electrons. The van der Waals surface area contributed by atoms with Crippen LogP contribution in [0.25, 0.3) is 0 Å². The van der Waals surface area contributed by atoms with Gasteiger partial charge in [-0.2, -0.15) is 0 Å². The summed E-state index contributed by atoms with van der Waals surface area (Å²) in [6.45, 7) is 4.71. The molecular weight excluding hydrogens is 238 g/mol. The van der Waals surface area contributed by atoms with Crippen LogP contribution in [0.5, 0.6) is 0 Å². The van der Waals surface area contributed by atoms with Gasteiger partial charge in [0, 0.05) is 5.92 Å². The Morgan fingerprint density at radius 1 is 1.41 bits per heavy atom. The van der Waals surface area contributed by atoms with Crippen molar-refractivity contribution >= 4 is 11.6 Å². The van der Waals surface area contributed by atoms with Crippen molar-refractivity contribution in [3.63, 3.8) is 0 Å². The van der Waals surface area contributed by atoms with E-state index < -0.39 is 0 Å². The predicted molar refractivity (Wildman–Crippen MR) is 68.6 cm³/mol. The fourth-order valence-corrected chi connectivity index (χ4v) is 2.99. The Labute approximate surface area is 108 Å². The van der Waals surface area contributed by atoms with Crippen molar-refractivity contribution < 1.29 is 9.47 Å². The first-order chi connectivity index (χ1) is 8.19. The van der Waals surface area contributed by atoms with Gasteiger partial charge in [0.25, 0.3) is 0 Å². The van der Waals surface area contributed by atoms with Crippen LogP contribution in [0.15, 0.2) is 11.6 Å². The van der Waals surface area contributed by atoms with Crippen LogP contribution in [0.4, 0.5) is 0 Å². The number of hydrogen-bond donors (Lipinski definition) is 1.